The third-order valence-corrected chi connectivity index (χ3v) is 5.64. The van der Waals surface area contributed by atoms with E-state index in [4.69, 9.17) is 0 Å². The minimum absolute atomic E-state index is 0.110. The number of benzene rings is 1. The van der Waals surface area contributed by atoms with Gasteiger partial charge in [-0.15, -0.1) is 0 Å². The predicted octanol–water partition coefficient (Wildman–Crippen LogP) is 3.46. The highest BCUT2D eigenvalue weighted by atomic mass is 19.1. The Kier molecular flexibility index (Phi) is 5.69. The van der Waals surface area contributed by atoms with Crippen molar-refractivity contribution in [1.82, 2.24) is 9.97 Å². The Morgan fingerprint density at radius 2 is 1.61 bits per heavy atom. The third kappa shape index (κ3) is 4.24. The second kappa shape index (κ2) is 8.54. The van der Waals surface area contributed by atoms with Crippen LogP contribution in [0.1, 0.15) is 32.1 Å². The smallest absolute Gasteiger partial charge is 0.227 e. The molecule has 0 saturated carbocycles. The first kappa shape index (κ1) is 18.7. The van der Waals surface area contributed by atoms with E-state index in [2.05, 4.69) is 31.2 Å². The number of amides is 1. The average molecular weight is 383 g/mol. The highest BCUT2D eigenvalue weighted by Gasteiger charge is 2.26. The maximum atomic E-state index is 13.8. The fourth-order valence-electron chi connectivity index (χ4n) is 3.97. The fourth-order valence-corrected chi connectivity index (χ4v) is 3.97. The van der Waals surface area contributed by atoms with Crippen molar-refractivity contribution < 1.29 is 9.18 Å². The molecule has 0 bridgehead atoms. The summed E-state index contributed by atoms with van der Waals surface area (Å²) in [6.07, 6.45) is 6.80. The molecule has 1 N–H and O–H groups in total. The minimum Gasteiger partial charge on any atom is -0.356 e. The molecule has 0 radical (unpaired) electrons. The number of hydrogen-bond donors (Lipinski definition) is 1. The van der Waals surface area contributed by atoms with Crippen LogP contribution < -0.4 is 15.1 Å². The van der Waals surface area contributed by atoms with E-state index < -0.39 is 5.82 Å². The summed E-state index contributed by atoms with van der Waals surface area (Å²) in [5.74, 6) is 1.29. The second-order valence-corrected chi connectivity index (χ2v) is 7.51. The van der Waals surface area contributed by atoms with Crippen molar-refractivity contribution >= 4 is 23.2 Å². The summed E-state index contributed by atoms with van der Waals surface area (Å²) in [6, 6.07) is 8.34. The largest absolute Gasteiger partial charge is 0.356 e. The molecule has 2 aromatic rings. The number of piperidine rings is 2. The van der Waals surface area contributed by atoms with Gasteiger partial charge in [-0.2, -0.15) is 0 Å². The second-order valence-electron chi connectivity index (χ2n) is 7.51. The first-order valence-corrected chi connectivity index (χ1v) is 10.1. The molecule has 1 amide bonds. The number of hydrogen-bond acceptors (Lipinski definition) is 5. The molecule has 7 heteroatoms. The first-order chi connectivity index (χ1) is 13.7. The van der Waals surface area contributed by atoms with Crippen molar-refractivity contribution in [3.05, 3.63) is 42.5 Å². The summed E-state index contributed by atoms with van der Waals surface area (Å²) < 4.78 is 13.8. The average Bonchev–Trinajstić information content (AvgIpc) is 2.76. The number of rotatable bonds is 4. The molecule has 6 nitrogen and oxygen atoms in total. The van der Waals surface area contributed by atoms with Gasteiger partial charge >= 0.3 is 0 Å². The number of anilines is 3. The van der Waals surface area contributed by atoms with Crippen molar-refractivity contribution in [2.75, 3.05) is 41.3 Å². The van der Waals surface area contributed by atoms with E-state index in [-0.39, 0.29) is 17.5 Å². The van der Waals surface area contributed by atoms with E-state index >= 15 is 0 Å². The number of carbonyl (C=O) groups excluding carboxylic acids is 1. The van der Waals surface area contributed by atoms with Gasteiger partial charge in [-0.25, -0.2) is 14.4 Å². The third-order valence-electron chi connectivity index (χ3n) is 5.64. The van der Waals surface area contributed by atoms with Crippen LogP contribution >= 0.6 is 0 Å². The highest BCUT2D eigenvalue weighted by Crippen LogP contribution is 2.26. The van der Waals surface area contributed by atoms with Crippen molar-refractivity contribution in [3.63, 3.8) is 0 Å². The van der Waals surface area contributed by atoms with Gasteiger partial charge in [0, 0.05) is 38.2 Å². The summed E-state index contributed by atoms with van der Waals surface area (Å²) in [7, 11) is 0. The SMILES string of the molecule is O=C(Nc1ccccc1F)C1CCN(c2cc(N3CCCCC3)ncn2)CC1. The van der Waals surface area contributed by atoms with Gasteiger partial charge in [0.1, 0.15) is 23.8 Å². The van der Waals surface area contributed by atoms with Crippen LogP contribution in [0.4, 0.5) is 21.7 Å². The number of nitrogens with one attached hydrogen (secondary N) is 1. The van der Waals surface area contributed by atoms with Crippen LogP contribution in [0.3, 0.4) is 0 Å². The quantitative estimate of drug-likeness (QED) is 0.876. The van der Waals surface area contributed by atoms with Crippen molar-refractivity contribution in [1.29, 1.82) is 0 Å². The maximum Gasteiger partial charge on any atom is 0.227 e. The Morgan fingerprint density at radius 3 is 2.29 bits per heavy atom. The van der Waals surface area contributed by atoms with E-state index in [1.54, 1.807) is 24.5 Å². The monoisotopic (exact) mass is 383 g/mol. The van der Waals surface area contributed by atoms with Crippen LogP contribution in [0.15, 0.2) is 36.7 Å². The van der Waals surface area contributed by atoms with Gasteiger partial charge in [-0.3, -0.25) is 4.79 Å². The normalized spacial score (nSPS) is 18.2. The summed E-state index contributed by atoms with van der Waals surface area (Å²) in [6.45, 7) is 3.61. The van der Waals surface area contributed by atoms with E-state index in [1.807, 2.05) is 0 Å². The molecule has 148 valence electrons. The van der Waals surface area contributed by atoms with Gasteiger partial charge in [-0.1, -0.05) is 12.1 Å². The summed E-state index contributed by atoms with van der Waals surface area (Å²) in [5.41, 5.74) is 0.247. The maximum absolute atomic E-state index is 13.8. The van der Waals surface area contributed by atoms with Crippen LogP contribution in [0.25, 0.3) is 0 Å². The van der Waals surface area contributed by atoms with Gasteiger partial charge in [0.15, 0.2) is 0 Å². The molecule has 2 aliphatic rings. The molecule has 0 aliphatic carbocycles. The lowest BCUT2D eigenvalue weighted by Gasteiger charge is -2.33. The standard InChI is InChI=1S/C21H26FN5O/c22-17-6-2-3-7-18(17)25-21(28)16-8-12-27(13-9-16)20-14-19(23-15-24-20)26-10-4-1-5-11-26/h2-3,6-7,14-16H,1,4-5,8-13H2,(H,25,28). The minimum atomic E-state index is -0.403. The topological polar surface area (TPSA) is 61.4 Å². The van der Waals surface area contributed by atoms with Crippen LogP contribution in [0, 0.1) is 11.7 Å². The van der Waals surface area contributed by atoms with E-state index in [1.165, 1.54) is 25.3 Å². The van der Waals surface area contributed by atoms with Crippen molar-refractivity contribution in [3.8, 4) is 0 Å². The van der Waals surface area contributed by atoms with Gasteiger partial charge in [0.25, 0.3) is 0 Å². The molecule has 2 fully saturated rings. The summed E-state index contributed by atoms with van der Waals surface area (Å²) in [4.78, 5) is 25.9. The zero-order valence-electron chi connectivity index (χ0n) is 16.0. The Labute approximate surface area is 164 Å². The van der Waals surface area contributed by atoms with E-state index in [0.717, 1.165) is 50.7 Å². The van der Waals surface area contributed by atoms with Crippen LogP contribution in [-0.2, 0) is 4.79 Å². The van der Waals surface area contributed by atoms with Crippen LogP contribution in [0.2, 0.25) is 0 Å². The Bertz CT molecular complexity index is 816. The van der Waals surface area contributed by atoms with Crippen LogP contribution in [-0.4, -0.2) is 42.1 Å². The predicted molar refractivity (Wildman–Crippen MR) is 108 cm³/mol. The number of halogens is 1. The van der Waals surface area contributed by atoms with E-state index in [9.17, 15) is 9.18 Å². The zero-order chi connectivity index (χ0) is 19.3. The van der Waals surface area contributed by atoms with Crippen molar-refractivity contribution in [2.24, 2.45) is 5.92 Å². The highest BCUT2D eigenvalue weighted by molar-refractivity contribution is 5.92. The summed E-state index contributed by atoms with van der Waals surface area (Å²) in [5, 5.41) is 2.72. The van der Waals surface area contributed by atoms with Gasteiger partial charge in [0.2, 0.25) is 5.91 Å². The van der Waals surface area contributed by atoms with E-state index in [0.29, 0.717) is 0 Å². The summed E-state index contributed by atoms with van der Waals surface area (Å²) >= 11 is 0. The Hall–Kier alpha value is -2.70. The molecule has 0 atom stereocenters. The Morgan fingerprint density at radius 1 is 0.964 bits per heavy atom. The van der Waals surface area contributed by atoms with Crippen LogP contribution in [0.5, 0.6) is 0 Å². The molecule has 28 heavy (non-hydrogen) atoms. The lowest BCUT2D eigenvalue weighted by molar-refractivity contribution is -0.120. The molecule has 1 aromatic heterocycles. The zero-order valence-corrected chi connectivity index (χ0v) is 16.0. The fraction of sp³-hybridized carbons (Fsp3) is 0.476. The Balaban J connectivity index is 1.35. The molecule has 0 unspecified atom stereocenters. The molecule has 2 saturated heterocycles. The molecule has 3 heterocycles. The molecule has 1 aromatic carbocycles. The number of aromatic nitrogens is 2. The van der Waals surface area contributed by atoms with Gasteiger partial charge in [0.05, 0.1) is 5.69 Å². The first-order valence-electron chi connectivity index (χ1n) is 10.1. The lowest BCUT2D eigenvalue weighted by atomic mass is 9.95. The number of carbonyl (C=O) groups is 1. The molecular weight excluding hydrogens is 357 g/mol. The van der Waals surface area contributed by atoms with Gasteiger partial charge in [-0.05, 0) is 44.2 Å². The lowest BCUT2D eigenvalue weighted by Crippen LogP contribution is -2.39. The molecular formula is C21H26FN5O. The molecule has 0 spiro atoms. The number of nitrogens with zero attached hydrogens (tertiary/aromatic N) is 4. The number of para-hydroxylation sites is 1. The molecule has 4 rings (SSSR count). The van der Waals surface area contributed by atoms with Gasteiger partial charge < -0.3 is 15.1 Å². The van der Waals surface area contributed by atoms with Crippen molar-refractivity contribution in [2.45, 2.75) is 32.1 Å². The molecule has 2 aliphatic heterocycles.